The Morgan fingerprint density at radius 3 is 1.06 bits per heavy atom. The molecule has 0 spiro atoms. The summed E-state index contributed by atoms with van der Waals surface area (Å²) in [5.74, 6) is 1.84. The lowest BCUT2D eigenvalue weighted by molar-refractivity contribution is 0.669. The Labute approximate surface area is 284 Å². The molecule has 9 rings (SSSR count). The molecule has 0 saturated carbocycles. The SMILES string of the molecule is c1ccc(-c2ccc(-c3ccc(-c4nc(-c5ccccc5)nc(-c5ccc6c(c5)oc5cc(-c7ccccc7)ccc56)n4)cc3)cc2)cc1. The summed E-state index contributed by atoms with van der Waals surface area (Å²) in [6.07, 6.45) is 0. The van der Waals surface area contributed by atoms with Gasteiger partial charge >= 0.3 is 0 Å². The number of fused-ring (bicyclic) bond motifs is 3. The van der Waals surface area contributed by atoms with E-state index in [0.29, 0.717) is 17.5 Å². The first-order valence-corrected chi connectivity index (χ1v) is 16.4. The standard InChI is InChI=1S/C45H29N3O/c1-4-10-30(11-5-1)32-16-18-33(19-17-32)34-20-22-36(23-21-34)44-46-43(35-14-8-3-9-15-35)47-45(48-44)38-25-27-40-39-26-24-37(31-12-6-2-7-13-31)28-41(39)49-42(40)29-38/h1-29H. The van der Waals surface area contributed by atoms with Crippen molar-refractivity contribution >= 4 is 21.9 Å². The molecule has 0 aliphatic rings. The van der Waals surface area contributed by atoms with Gasteiger partial charge in [-0.15, -0.1) is 0 Å². The van der Waals surface area contributed by atoms with Crippen LogP contribution in [0.5, 0.6) is 0 Å². The first-order chi connectivity index (χ1) is 24.2. The molecular weight excluding hydrogens is 599 g/mol. The van der Waals surface area contributed by atoms with Gasteiger partial charge in [-0.25, -0.2) is 15.0 Å². The molecule has 230 valence electrons. The second-order valence-electron chi connectivity index (χ2n) is 12.1. The lowest BCUT2D eigenvalue weighted by Crippen LogP contribution is -2.00. The summed E-state index contributed by atoms with van der Waals surface area (Å²) in [5.41, 5.74) is 11.3. The number of benzene rings is 7. The molecule has 4 heteroatoms. The Kier molecular flexibility index (Phi) is 7.10. The highest BCUT2D eigenvalue weighted by atomic mass is 16.3. The minimum atomic E-state index is 0.594. The van der Waals surface area contributed by atoms with Crippen LogP contribution in [0, 0.1) is 0 Å². The Bertz CT molecular complexity index is 2560. The highest BCUT2D eigenvalue weighted by molar-refractivity contribution is 6.06. The van der Waals surface area contributed by atoms with Crippen LogP contribution in [-0.2, 0) is 0 Å². The zero-order valence-electron chi connectivity index (χ0n) is 26.5. The van der Waals surface area contributed by atoms with E-state index in [1.54, 1.807) is 0 Å². The number of hydrogen-bond acceptors (Lipinski definition) is 4. The molecule has 4 nitrogen and oxygen atoms in total. The van der Waals surface area contributed by atoms with Gasteiger partial charge in [0.15, 0.2) is 17.5 Å². The van der Waals surface area contributed by atoms with Crippen molar-refractivity contribution in [2.24, 2.45) is 0 Å². The Morgan fingerprint density at radius 1 is 0.265 bits per heavy atom. The molecule has 2 heterocycles. The minimum Gasteiger partial charge on any atom is -0.456 e. The van der Waals surface area contributed by atoms with Gasteiger partial charge in [0.2, 0.25) is 0 Å². The molecule has 9 aromatic rings. The summed E-state index contributed by atoms with van der Waals surface area (Å²) >= 11 is 0. The zero-order chi connectivity index (χ0) is 32.6. The fourth-order valence-electron chi connectivity index (χ4n) is 6.37. The van der Waals surface area contributed by atoms with Crippen molar-refractivity contribution in [2.45, 2.75) is 0 Å². The first-order valence-electron chi connectivity index (χ1n) is 16.4. The fourth-order valence-corrected chi connectivity index (χ4v) is 6.37. The van der Waals surface area contributed by atoms with Gasteiger partial charge in [0.25, 0.3) is 0 Å². The van der Waals surface area contributed by atoms with Gasteiger partial charge in [-0.3, -0.25) is 0 Å². The van der Waals surface area contributed by atoms with Crippen LogP contribution in [0.2, 0.25) is 0 Å². The molecule has 0 amide bonds. The van der Waals surface area contributed by atoms with E-state index < -0.39 is 0 Å². The molecule has 0 fully saturated rings. The Hall–Kier alpha value is -6.65. The summed E-state index contributed by atoms with van der Waals surface area (Å²) in [7, 11) is 0. The largest absolute Gasteiger partial charge is 0.456 e. The fraction of sp³-hybridized carbons (Fsp3) is 0. The maximum atomic E-state index is 6.42. The molecule has 0 unspecified atom stereocenters. The molecule has 7 aromatic carbocycles. The zero-order valence-corrected chi connectivity index (χ0v) is 26.5. The van der Waals surface area contributed by atoms with Gasteiger partial charge in [-0.1, -0.05) is 152 Å². The minimum absolute atomic E-state index is 0.594. The molecular formula is C45H29N3O. The highest BCUT2D eigenvalue weighted by Gasteiger charge is 2.15. The summed E-state index contributed by atoms with van der Waals surface area (Å²) in [6, 6.07) is 60.5. The lowest BCUT2D eigenvalue weighted by atomic mass is 9.99. The smallest absolute Gasteiger partial charge is 0.164 e. The van der Waals surface area contributed by atoms with E-state index in [1.807, 2.05) is 48.5 Å². The molecule has 0 radical (unpaired) electrons. The highest BCUT2D eigenvalue weighted by Crippen LogP contribution is 2.35. The van der Waals surface area contributed by atoms with Gasteiger partial charge in [-0.2, -0.15) is 0 Å². The van der Waals surface area contributed by atoms with Gasteiger partial charge in [0.05, 0.1) is 0 Å². The van der Waals surface area contributed by atoms with Crippen LogP contribution in [0.4, 0.5) is 0 Å². The van der Waals surface area contributed by atoms with Crippen LogP contribution in [0.25, 0.3) is 89.5 Å². The van der Waals surface area contributed by atoms with Crippen LogP contribution in [0.1, 0.15) is 0 Å². The molecule has 49 heavy (non-hydrogen) atoms. The van der Waals surface area contributed by atoms with Crippen molar-refractivity contribution in [3.8, 4) is 67.5 Å². The van der Waals surface area contributed by atoms with Crippen molar-refractivity contribution < 1.29 is 4.42 Å². The third kappa shape index (κ3) is 5.56. The maximum Gasteiger partial charge on any atom is 0.164 e. The molecule has 0 saturated heterocycles. The molecule has 0 aliphatic carbocycles. The summed E-state index contributed by atoms with van der Waals surface area (Å²) < 4.78 is 6.42. The van der Waals surface area contributed by atoms with Gasteiger partial charge in [0, 0.05) is 27.5 Å². The van der Waals surface area contributed by atoms with Crippen LogP contribution < -0.4 is 0 Å². The van der Waals surface area contributed by atoms with E-state index in [2.05, 4.69) is 127 Å². The summed E-state index contributed by atoms with van der Waals surface area (Å²) in [5, 5.41) is 2.14. The van der Waals surface area contributed by atoms with E-state index in [0.717, 1.165) is 60.9 Å². The van der Waals surface area contributed by atoms with Crippen molar-refractivity contribution in [3.63, 3.8) is 0 Å². The van der Waals surface area contributed by atoms with Crippen LogP contribution in [0.15, 0.2) is 180 Å². The van der Waals surface area contributed by atoms with Crippen LogP contribution in [0.3, 0.4) is 0 Å². The predicted octanol–water partition coefficient (Wildman–Crippen LogP) is 11.8. The Balaban J connectivity index is 1.08. The van der Waals surface area contributed by atoms with Gasteiger partial charge < -0.3 is 4.42 Å². The van der Waals surface area contributed by atoms with Crippen molar-refractivity contribution in [3.05, 3.63) is 176 Å². The van der Waals surface area contributed by atoms with Crippen LogP contribution in [-0.4, -0.2) is 15.0 Å². The monoisotopic (exact) mass is 627 g/mol. The number of aromatic nitrogens is 3. The maximum absolute atomic E-state index is 6.42. The number of nitrogens with zero attached hydrogens (tertiary/aromatic N) is 3. The van der Waals surface area contributed by atoms with E-state index in [1.165, 1.54) is 11.1 Å². The van der Waals surface area contributed by atoms with Gasteiger partial charge in [-0.05, 0) is 57.6 Å². The van der Waals surface area contributed by atoms with Gasteiger partial charge in [0.1, 0.15) is 11.2 Å². The lowest BCUT2D eigenvalue weighted by Gasteiger charge is -2.09. The van der Waals surface area contributed by atoms with Crippen molar-refractivity contribution in [1.29, 1.82) is 0 Å². The third-order valence-corrected chi connectivity index (χ3v) is 8.97. The Morgan fingerprint density at radius 2 is 0.571 bits per heavy atom. The average Bonchev–Trinajstić information content (AvgIpc) is 3.56. The van der Waals surface area contributed by atoms with Crippen molar-refractivity contribution in [2.75, 3.05) is 0 Å². The molecule has 0 atom stereocenters. The second kappa shape index (κ2) is 12.2. The average molecular weight is 628 g/mol. The predicted molar refractivity (Wildman–Crippen MR) is 200 cm³/mol. The summed E-state index contributed by atoms with van der Waals surface area (Å²) in [6.45, 7) is 0. The third-order valence-electron chi connectivity index (χ3n) is 8.97. The molecule has 2 aromatic heterocycles. The van der Waals surface area contributed by atoms with E-state index in [4.69, 9.17) is 19.4 Å². The first kappa shape index (κ1) is 28.6. The quantitative estimate of drug-likeness (QED) is 0.184. The topological polar surface area (TPSA) is 51.8 Å². The molecule has 0 bridgehead atoms. The van der Waals surface area contributed by atoms with E-state index in [9.17, 15) is 0 Å². The van der Waals surface area contributed by atoms with Crippen molar-refractivity contribution in [1.82, 2.24) is 15.0 Å². The number of rotatable bonds is 6. The molecule has 0 N–H and O–H groups in total. The normalized spacial score (nSPS) is 11.3. The van der Waals surface area contributed by atoms with E-state index in [-0.39, 0.29) is 0 Å². The summed E-state index contributed by atoms with van der Waals surface area (Å²) in [4.78, 5) is 14.9. The van der Waals surface area contributed by atoms with Crippen LogP contribution >= 0.6 is 0 Å². The second-order valence-corrected chi connectivity index (χ2v) is 12.1. The molecule has 0 aliphatic heterocycles. The van der Waals surface area contributed by atoms with E-state index >= 15 is 0 Å². The number of hydrogen-bond donors (Lipinski definition) is 0. The number of furan rings is 1.